The molecule has 0 atom stereocenters. The molecule has 0 unspecified atom stereocenters. The van der Waals surface area contributed by atoms with E-state index >= 15 is 0 Å². The smallest absolute Gasteiger partial charge is 0.0601 e. The quantitative estimate of drug-likeness (QED) is 0.689. The minimum atomic E-state index is 0.431. The summed E-state index contributed by atoms with van der Waals surface area (Å²) in [4.78, 5) is 2.44. The van der Waals surface area contributed by atoms with Crippen LogP contribution in [0.1, 0.15) is 39.0 Å². The molecule has 0 heterocycles. The van der Waals surface area contributed by atoms with Gasteiger partial charge in [0, 0.05) is 12.1 Å². The lowest BCUT2D eigenvalue weighted by Crippen LogP contribution is -2.41. The summed E-state index contributed by atoms with van der Waals surface area (Å²) >= 11 is 0. The monoisotopic (exact) mass is 194 g/mol. The summed E-state index contributed by atoms with van der Waals surface area (Å²) < 4.78 is 0. The van der Waals surface area contributed by atoms with Crippen molar-refractivity contribution in [2.75, 3.05) is 13.1 Å². The number of hydrogen-bond acceptors (Lipinski definition) is 2. The van der Waals surface area contributed by atoms with Gasteiger partial charge in [-0.25, -0.2) is 0 Å². The van der Waals surface area contributed by atoms with Gasteiger partial charge in [-0.05, 0) is 38.6 Å². The average molecular weight is 194 g/mol. The molecular formula is C12H22N2. The van der Waals surface area contributed by atoms with Crippen LogP contribution in [0.25, 0.3) is 0 Å². The van der Waals surface area contributed by atoms with Crippen molar-refractivity contribution in [3.05, 3.63) is 0 Å². The second-order valence-corrected chi connectivity index (χ2v) is 4.24. The van der Waals surface area contributed by atoms with Crippen molar-refractivity contribution in [2.45, 2.75) is 51.1 Å². The average Bonchev–Trinajstić information content (AvgIpc) is 2.19. The molecule has 1 aliphatic carbocycles. The van der Waals surface area contributed by atoms with Crippen LogP contribution in [-0.2, 0) is 0 Å². The molecule has 1 saturated carbocycles. The summed E-state index contributed by atoms with van der Waals surface area (Å²) in [6.45, 7) is 4.13. The fraction of sp³-hybridized carbons (Fsp3) is 0.833. The van der Waals surface area contributed by atoms with Gasteiger partial charge in [-0.15, -0.1) is 6.42 Å². The van der Waals surface area contributed by atoms with Crippen molar-refractivity contribution in [2.24, 2.45) is 5.73 Å². The molecule has 0 aromatic heterocycles. The van der Waals surface area contributed by atoms with E-state index in [1.54, 1.807) is 0 Å². The van der Waals surface area contributed by atoms with Crippen LogP contribution in [0.2, 0.25) is 0 Å². The Kier molecular flexibility index (Phi) is 5.00. The largest absolute Gasteiger partial charge is 0.328 e. The van der Waals surface area contributed by atoms with Crippen molar-refractivity contribution >= 4 is 0 Å². The number of hydrogen-bond donors (Lipinski definition) is 1. The minimum Gasteiger partial charge on any atom is -0.328 e. The number of rotatable bonds is 4. The van der Waals surface area contributed by atoms with Crippen molar-refractivity contribution in [3.63, 3.8) is 0 Å². The Morgan fingerprint density at radius 1 is 1.36 bits per heavy atom. The van der Waals surface area contributed by atoms with E-state index in [9.17, 15) is 0 Å². The summed E-state index contributed by atoms with van der Waals surface area (Å²) in [6, 6.07) is 1.12. The third kappa shape index (κ3) is 3.32. The van der Waals surface area contributed by atoms with Crippen molar-refractivity contribution in [1.82, 2.24) is 4.90 Å². The maximum absolute atomic E-state index is 5.89. The highest BCUT2D eigenvalue weighted by molar-refractivity contribution is 4.91. The summed E-state index contributed by atoms with van der Waals surface area (Å²) in [5, 5.41) is 0. The van der Waals surface area contributed by atoms with Gasteiger partial charge in [-0.3, -0.25) is 4.90 Å². The van der Waals surface area contributed by atoms with Gasteiger partial charge >= 0.3 is 0 Å². The number of terminal acetylenes is 1. The molecule has 1 rings (SSSR count). The van der Waals surface area contributed by atoms with Gasteiger partial charge in [-0.2, -0.15) is 0 Å². The molecule has 2 N–H and O–H groups in total. The molecule has 0 saturated heterocycles. The molecule has 0 radical (unpaired) electrons. The summed E-state index contributed by atoms with van der Waals surface area (Å²) in [6.07, 6.45) is 11.3. The Morgan fingerprint density at radius 2 is 2.00 bits per heavy atom. The molecular weight excluding hydrogens is 172 g/mol. The maximum atomic E-state index is 5.89. The van der Waals surface area contributed by atoms with E-state index in [2.05, 4.69) is 17.7 Å². The molecule has 1 aliphatic rings. The zero-order valence-electron chi connectivity index (χ0n) is 9.21. The molecule has 0 aromatic carbocycles. The lowest BCUT2D eigenvalue weighted by molar-refractivity contribution is 0.167. The first-order chi connectivity index (χ1) is 6.77. The van der Waals surface area contributed by atoms with Crippen LogP contribution < -0.4 is 5.73 Å². The van der Waals surface area contributed by atoms with E-state index in [4.69, 9.17) is 12.2 Å². The molecule has 0 bridgehead atoms. The molecule has 0 aliphatic heterocycles. The predicted octanol–water partition coefficient (Wildman–Crippen LogP) is 1.60. The topological polar surface area (TPSA) is 29.3 Å². The third-order valence-corrected chi connectivity index (χ3v) is 3.06. The van der Waals surface area contributed by atoms with Crippen molar-refractivity contribution in [3.8, 4) is 12.3 Å². The van der Waals surface area contributed by atoms with E-state index in [1.165, 1.54) is 19.3 Å². The van der Waals surface area contributed by atoms with E-state index in [0.717, 1.165) is 25.9 Å². The van der Waals surface area contributed by atoms with E-state index in [1.807, 2.05) is 0 Å². The van der Waals surface area contributed by atoms with Crippen molar-refractivity contribution in [1.29, 1.82) is 0 Å². The van der Waals surface area contributed by atoms with Gasteiger partial charge in [0.15, 0.2) is 0 Å². The summed E-state index contributed by atoms with van der Waals surface area (Å²) in [5.74, 6) is 2.76. The Balaban J connectivity index is 2.39. The first kappa shape index (κ1) is 11.6. The first-order valence-electron chi connectivity index (χ1n) is 5.71. The maximum Gasteiger partial charge on any atom is 0.0601 e. The second kappa shape index (κ2) is 6.06. The van der Waals surface area contributed by atoms with Crippen LogP contribution in [0.15, 0.2) is 0 Å². The molecule has 2 nitrogen and oxygen atoms in total. The van der Waals surface area contributed by atoms with Crippen LogP contribution >= 0.6 is 0 Å². The van der Waals surface area contributed by atoms with Crippen molar-refractivity contribution < 1.29 is 0 Å². The minimum absolute atomic E-state index is 0.431. The molecule has 0 spiro atoms. The number of nitrogens with zero attached hydrogens (tertiary/aromatic N) is 1. The molecule has 2 heteroatoms. The summed E-state index contributed by atoms with van der Waals surface area (Å²) in [5.41, 5.74) is 5.89. The summed E-state index contributed by atoms with van der Waals surface area (Å²) in [7, 11) is 0. The van der Waals surface area contributed by atoms with E-state index in [-0.39, 0.29) is 0 Å². The van der Waals surface area contributed by atoms with Crippen LogP contribution in [0, 0.1) is 12.3 Å². The normalized spacial score (nSPS) is 27.6. The molecule has 0 aromatic rings. The highest BCUT2D eigenvalue weighted by Gasteiger charge is 2.22. The van der Waals surface area contributed by atoms with Crippen LogP contribution in [-0.4, -0.2) is 30.1 Å². The Morgan fingerprint density at radius 3 is 2.50 bits per heavy atom. The van der Waals surface area contributed by atoms with E-state index < -0.39 is 0 Å². The van der Waals surface area contributed by atoms with Gasteiger partial charge in [0.2, 0.25) is 0 Å². The van der Waals surface area contributed by atoms with Gasteiger partial charge in [0.25, 0.3) is 0 Å². The SMILES string of the molecule is C#CCN(CCC)C1CCC(N)CC1. The molecule has 1 fully saturated rings. The number of nitrogens with two attached hydrogens (primary N) is 1. The lowest BCUT2D eigenvalue weighted by Gasteiger charge is -2.34. The van der Waals surface area contributed by atoms with Gasteiger partial charge < -0.3 is 5.73 Å². The first-order valence-corrected chi connectivity index (χ1v) is 5.71. The Bertz CT molecular complexity index is 187. The zero-order valence-corrected chi connectivity index (χ0v) is 9.21. The van der Waals surface area contributed by atoms with Gasteiger partial charge in [-0.1, -0.05) is 12.8 Å². The van der Waals surface area contributed by atoms with Crippen LogP contribution in [0.5, 0.6) is 0 Å². The van der Waals surface area contributed by atoms with E-state index in [0.29, 0.717) is 12.1 Å². The van der Waals surface area contributed by atoms with Gasteiger partial charge in [0.05, 0.1) is 6.54 Å². The molecule has 80 valence electrons. The van der Waals surface area contributed by atoms with Gasteiger partial charge in [0.1, 0.15) is 0 Å². The highest BCUT2D eigenvalue weighted by atomic mass is 15.1. The predicted molar refractivity (Wildman–Crippen MR) is 60.9 cm³/mol. The fourth-order valence-corrected chi connectivity index (χ4v) is 2.26. The van der Waals surface area contributed by atoms with Crippen LogP contribution in [0.4, 0.5) is 0 Å². The standard InChI is InChI=1S/C12H22N2/c1-3-9-14(10-4-2)12-7-5-11(13)6-8-12/h1,11-12H,4-10,13H2,2H3. The molecule has 0 amide bonds. The molecule has 14 heavy (non-hydrogen) atoms. The Hall–Kier alpha value is -0.520. The fourth-order valence-electron chi connectivity index (χ4n) is 2.26. The highest BCUT2D eigenvalue weighted by Crippen LogP contribution is 2.21. The third-order valence-electron chi connectivity index (χ3n) is 3.06. The lowest BCUT2D eigenvalue weighted by atomic mass is 9.90. The second-order valence-electron chi connectivity index (χ2n) is 4.24. The Labute approximate surface area is 87.8 Å². The van der Waals surface area contributed by atoms with Crippen LogP contribution in [0.3, 0.4) is 0 Å². The zero-order chi connectivity index (χ0) is 10.4.